The molecule has 1 aromatic rings. The van der Waals surface area contributed by atoms with Gasteiger partial charge in [-0.2, -0.15) is 0 Å². The van der Waals surface area contributed by atoms with Gasteiger partial charge in [-0.3, -0.25) is 24.6 Å². The maximum absolute atomic E-state index is 12.9. The van der Waals surface area contributed by atoms with Crippen molar-refractivity contribution >= 4 is 34.2 Å². The predicted molar refractivity (Wildman–Crippen MR) is 86.8 cm³/mol. The molecule has 0 aromatic carbocycles. The van der Waals surface area contributed by atoms with Gasteiger partial charge in [-0.05, 0) is 31.1 Å². The van der Waals surface area contributed by atoms with Crippen LogP contribution in [0.25, 0.3) is 0 Å². The lowest BCUT2D eigenvalue weighted by Crippen LogP contribution is -2.47. The third-order valence-electron chi connectivity index (χ3n) is 5.38. The molecule has 7 nitrogen and oxygen atoms in total. The number of carbonyl (C=O) groups excluding carboxylic acids is 3. The fraction of sp³-hybridized carbons (Fsp3) is 0.562. The number of hydrogen-bond donors (Lipinski definition) is 1. The average molecular weight is 346 g/mol. The number of likely N-dealkylation sites (tertiary alicyclic amines) is 1. The van der Waals surface area contributed by atoms with Gasteiger partial charge in [0.15, 0.2) is 0 Å². The van der Waals surface area contributed by atoms with Gasteiger partial charge in [-0.15, -0.1) is 10.2 Å². The zero-order valence-corrected chi connectivity index (χ0v) is 14.0. The minimum atomic E-state index is -0.793. The van der Waals surface area contributed by atoms with Crippen molar-refractivity contribution in [3.63, 3.8) is 0 Å². The Balaban J connectivity index is 1.59. The molecule has 3 aliphatic carbocycles. The van der Waals surface area contributed by atoms with Crippen LogP contribution < -0.4 is 5.32 Å². The molecule has 3 amide bonds. The van der Waals surface area contributed by atoms with E-state index in [-0.39, 0.29) is 41.4 Å². The Bertz CT molecular complexity index is 685. The molecule has 2 heterocycles. The molecular formula is C16H18N4O3S. The Labute approximate surface area is 143 Å². The van der Waals surface area contributed by atoms with E-state index in [1.165, 1.54) is 21.7 Å². The highest BCUT2D eigenvalue weighted by Crippen LogP contribution is 2.50. The van der Waals surface area contributed by atoms with Gasteiger partial charge in [0.2, 0.25) is 22.9 Å². The molecule has 1 aliphatic heterocycles. The zero-order chi connectivity index (χ0) is 16.8. The third kappa shape index (κ3) is 2.20. The zero-order valence-electron chi connectivity index (χ0n) is 13.2. The molecular weight excluding hydrogens is 328 g/mol. The van der Waals surface area contributed by atoms with Crippen LogP contribution in [0.3, 0.4) is 0 Å². The van der Waals surface area contributed by atoms with Gasteiger partial charge in [0.05, 0.1) is 11.8 Å². The Hall–Kier alpha value is -2.09. The van der Waals surface area contributed by atoms with E-state index in [1.807, 2.05) is 0 Å². The van der Waals surface area contributed by atoms with Gasteiger partial charge in [0.25, 0.3) is 0 Å². The van der Waals surface area contributed by atoms with Gasteiger partial charge >= 0.3 is 0 Å². The first-order chi connectivity index (χ1) is 11.6. The van der Waals surface area contributed by atoms with Gasteiger partial charge in [0.1, 0.15) is 11.6 Å². The lowest BCUT2D eigenvalue weighted by molar-refractivity contribution is -0.146. The SMILES string of the molecule is CC[C@H](C(=O)Nc1nncs1)N1C(=O)[C@H]2[C@H](C1=O)[C@H]1C=C[C@H]2CC1. The molecule has 24 heavy (non-hydrogen) atoms. The Kier molecular flexibility index (Phi) is 3.71. The summed E-state index contributed by atoms with van der Waals surface area (Å²) in [5, 5.41) is 10.5. The number of imide groups is 1. The molecule has 5 rings (SSSR count). The minimum absolute atomic E-state index is 0.130. The smallest absolute Gasteiger partial charge is 0.249 e. The van der Waals surface area contributed by atoms with E-state index in [2.05, 4.69) is 27.7 Å². The summed E-state index contributed by atoms with van der Waals surface area (Å²) in [5.74, 6) is -1.08. The molecule has 2 bridgehead atoms. The minimum Gasteiger partial charge on any atom is -0.299 e. The molecule has 0 unspecified atom stereocenters. The number of rotatable bonds is 4. The first-order valence-electron chi connectivity index (χ1n) is 8.24. The molecule has 1 aromatic heterocycles. The largest absolute Gasteiger partial charge is 0.299 e. The maximum Gasteiger partial charge on any atom is 0.249 e. The van der Waals surface area contributed by atoms with Crippen molar-refractivity contribution < 1.29 is 14.4 Å². The number of fused-ring (bicyclic) bond motifs is 1. The Morgan fingerprint density at radius 1 is 1.29 bits per heavy atom. The summed E-state index contributed by atoms with van der Waals surface area (Å²) in [4.78, 5) is 39.6. The van der Waals surface area contributed by atoms with Crippen molar-refractivity contribution in [3.8, 4) is 0 Å². The second kappa shape index (κ2) is 5.77. The van der Waals surface area contributed by atoms with E-state index in [4.69, 9.17) is 0 Å². The van der Waals surface area contributed by atoms with Crippen molar-refractivity contribution in [2.45, 2.75) is 32.2 Å². The molecule has 4 aliphatic rings. The fourth-order valence-electron chi connectivity index (χ4n) is 4.31. The molecule has 1 N–H and O–H groups in total. The van der Waals surface area contributed by atoms with E-state index < -0.39 is 6.04 Å². The first kappa shape index (κ1) is 15.4. The Morgan fingerprint density at radius 2 is 1.92 bits per heavy atom. The standard InChI is InChI=1S/C16H18N4O3S/c1-2-10(13(21)18-16-19-17-7-24-16)20-14(22)11-8-3-4-9(6-5-8)12(11)15(20)23/h3-4,7-12H,2,5-6H2,1H3,(H,18,19,21)/t8-,9-,10+,11+,12+/m0/s1. The highest BCUT2D eigenvalue weighted by molar-refractivity contribution is 7.13. The van der Waals surface area contributed by atoms with Crippen LogP contribution in [0.4, 0.5) is 5.13 Å². The number of anilines is 1. The molecule has 5 atom stereocenters. The molecule has 0 spiro atoms. The van der Waals surface area contributed by atoms with E-state index in [1.54, 1.807) is 6.92 Å². The molecule has 126 valence electrons. The normalized spacial score (nSPS) is 32.1. The van der Waals surface area contributed by atoms with Gasteiger partial charge in [-0.25, -0.2) is 0 Å². The number of amides is 3. The quantitative estimate of drug-likeness (QED) is 0.658. The number of allylic oxidation sites excluding steroid dienone is 2. The van der Waals surface area contributed by atoms with Crippen LogP contribution >= 0.6 is 11.3 Å². The topological polar surface area (TPSA) is 92.3 Å². The fourth-order valence-corrected chi connectivity index (χ4v) is 4.75. The number of carbonyl (C=O) groups is 3. The van der Waals surface area contributed by atoms with Gasteiger partial charge < -0.3 is 0 Å². The van der Waals surface area contributed by atoms with Crippen LogP contribution in [-0.4, -0.2) is 38.9 Å². The second-order valence-corrected chi connectivity index (χ2v) is 7.38. The van der Waals surface area contributed by atoms with E-state index in [0.29, 0.717) is 11.6 Å². The van der Waals surface area contributed by atoms with Crippen LogP contribution in [0.1, 0.15) is 26.2 Å². The summed E-state index contributed by atoms with van der Waals surface area (Å²) in [7, 11) is 0. The summed E-state index contributed by atoms with van der Waals surface area (Å²) in [6, 6.07) is -0.793. The molecule has 1 saturated carbocycles. The van der Waals surface area contributed by atoms with Crippen LogP contribution in [0.2, 0.25) is 0 Å². The summed E-state index contributed by atoms with van der Waals surface area (Å²) in [6.07, 6.45) is 6.43. The van der Waals surface area contributed by atoms with E-state index in [9.17, 15) is 14.4 Å². The molecule has 8 heteroatoms. The average Bonchev–Trinajstić information content (AvgIpc) is 3.19. The molecule has 1 saturated heterocycles. The van der Waals surface area contributed by atoms with Gasteiger partial charge in [-0.1, -0.05) is 30.4 Å². The molecule has 2 fully saturated rings. The maximum atomic E-state index is 12.9. The number of nitrogens with one attached hydrogen (secondary N) is 1. The third-order valence-corrected chi connectivity index (χ3v) is 5.99. The van der Waals surface area contributed by atoms with Crippen molar-refractivity contribution in [2.75, 3.05) is 5.32 Å². The number of nitrogens with zero attached hydrogens (tertiary/aromatic N) is 3. The number of aromatic nitrogens is 2. The van der Waals surface area contributed by atoms with Gasteiger partial charge in [0, 0.05) is 0 Å². The summed E-state index contributed by atoms with van der Waals surface area (Å²) < 4.78 is 0. The van der Waals surface area contributed by atoms with Crippen molar-refractivity contribution in [2.24, 2.45) is 23.7 Å². The highest BCUT2D eigenvalue weighted by atomic mass is 32.1. The highest BCUT2D eigenvalue weighted by Gasteiger charge is 2.58. The van der Waals surface area contributed by atoms with E-state index in [0.717, 1.165) is 12.8 Å². The lowest BCUT2D eigenvalue weighted by atomic mass is 9.63. The van der Waals surface area contributed by atoms with Crippen LogP contribution in [-0.2, 0) is 14.4 Å². The monoisotopic (exact) mass is 346 g/mol. The van der Waals surface area contributed by atoms with Crippen molar-refractivity contribution in [1.82, 2.24) is 15.1 Å². The lowest BCUT2D eigenvalue weighted by Gasteiger charge is -2.38. The predicted octanol–water partition coefficient (Wildman–Crippen LogP) is 1.45. The van der Waals surface area contributed by atoms with Crippen LogP contribution in [0.5, 0.6) is 0 Å². The summed E-state index contributed by atoms with van der Waals surface area (Å²) in [5.41, 5.74) is 1.51. The first-order valence-corrected chi connectivity index (χ1v) is 9.12. The molecule has 0 radical (unpaired) electrons. The number of hydrogen-bond acceptors (Lipinski definition) is 6. The summed E-state index contributed by atoms with van der Waals surface area (Å²) in [6.45, 7) is 1.81. The van der Waals surface area contributed by atoms with Crippen molar-refractivity contribution in [1.29, 1.82) is 0 Å². The van der Waals surface area contributed by atoms with Crippen molar-refractivity contribution in [3.05, 3.63) is 17.7 Å². The van der Waals surface area contributed by atoms with Crippen LogP contribution in [0, 0.1) is 23.7 Å². The summed E-state index contributed by atoms with van der Waals surface area (Å²) >= 11 is 1.20. The van der Waals surface area contributed by atoms with E-state index >= 15 is 0 Å². The van der Waals surface area contributed by atoms with Crippen LogP contribution in [0.15, 0.2) is 17.7 Å². The Morgan fingerprint density at radius 3 is 2.38 bits per heavy atom. The second-order valence-electron chi connectivity index (χ2n) is 6.55.